The summed E-state index contributed by atoms with van der Waals surface area (Å²) in [6.45, 7) is 4.39. The molecule has 0 saturated carbocycles. The molecule has 0 spiro atoms. The molecule has 1 aromatic carbocycles. The lowest BCUT2D eigenvalue weighted by Crippen LogP contribution is -2.43. The van der Waals surface area contributed by atoms with Crippen LogP contribution in [-0.4, -0.2) is 36.4 Å². The predicted octanol–water partition coefficient (Wildman–Crippen LogP) is 2.66. The van der Waals surface area contributed by atoms with Crippen molar-refractivity contribution in [2.45, 2.75) is 51.6 Å². The smallest absolute Gasteiger partial charge is 0.225 e. The first-order valence-electron chi connectivity index (χ1n) is 8.21. The second-order valence-electron chi connectivity index (χ2n) is 6.16. The Bertz CT molecular complexity index is 542. The molecule has 0 radical (unpaired) electrons. The number of nitrogens with zero attached hydrogens (tertiary/aromatic N) is 1. The zero-order valence-electron chi connectivity index (χ0n) is 14.2. The number of hydrogen-bond acceptors (Lipinski definition) is 3. The van der Waals surface area contributed by atoms with E-state index in [1.54, 1.807) is 7.11 Å². The molecule has 23 heavy (non-hydrogen) atoms. The van der Waals surface area contributed by atoms with Gasteiger partial charge in [-0.25, -0.2) is 0 Å². The lowest BCUT2D eigenvalue weighted by atomic mass is 9.99. The van der Waals surface area contributed by atoms with Crippen molar-refractivity contribution in [3.63, 3.8) is 0 Å². The summed E-state index contributed by atoms with van der Waals surface area (Å²) < 4.78 is 5.16. The first kappa shape index (κ1) is 17.3. The van der Waals surface area contributed by atoms with Crippen molar-refractivity contribution in [1.29, 1.82) is 0 Å². The van der Waals surface area contributed by atoms with Gasteiger partial charge in [-0.15, -0.1) is 0 Å². The van der Waals surface area contributed by atoms with Gasteiger partial charge in [-0.3, -0.25) is 9.59 Å². The first-order chi connectivity index (χ1) is 11.0. The highest BCUT2D eigenvalue weighted by Gasteiger charge is 2.26. The molecule has 1 aromatic rings. The van der Waals surface area contributed by atoms with Crippen molar-refractivity contribution < 1.29 is 14.3 Å². The summed E-state index contributed by atoms with van der Waals surface area (Å²) in [5, 5.41) is 2.89. The van der Waals surface area contributed by atoms with Gasteiger partial charge in [0.1, 0.15) is 5.75 Å². The van der Waals surface area contributed by atoms with E-state index in [0.29, 0.717) is 0 Å². The van der Waals surface area contributed by atoms with E-state index >= 15 is 0 Å². The van der Waals surface area contributed by atoms with E-state index in [0.717, 1.165) is 30.7 Å². The highest BCUT2D eigenvalue weighted by molar-refractivity contribution is 5.79. The van der Waals surface area contributed by atoms with E-state index in [1.165, 1.54) is 13.3 Å². The number of methoxy groups -OCH3 is 1. The standard InChI is InChI=1S/C18H26N2O3/c1-13-6-4-5-11-20(13)18(22)12-17(19-14(2)21)15-7-9-16(23-3)10-8-15/h7-10,13,17H,4-6,11-12H2,1-3H3,(H,19,21)/t13-,17+/m1/s1. The molecule has 5 nitrogen and oxygen atoms in total. The highest BCUT2D eigenvalue weighted by atomic mass is 16.5. The summed E-state index contributed by atoms with van der Waals surface area (Å²) in [5.74, 6) is 0.725. The molecule has 0 unspecified atom stereocenters. The SMILES string of the molecule is COc1ccc([C@H](CC(=O)N2CCCC[C@H]2C)NC(C)=O)cc1. The monoisotopic (exact) mass is 318 g/mol. The maximum absolute atomic E-state index is 12.6. The third kappa shape index (κ3) is 4.71. The summed E-state index contributed by atoms with van der Waals surface area (Å²) in [5.41, 5.74) is 0.916. The predicted molar refractivity (Wildman–Crippen MR) is 89.2 cm³/mol. The van der Waals surface area contributed by atoms with Gasteiger partial charge < -0.3 is 15.0 Å². The molecule has 1 fully saturated rings. The van der Waals surface area contributed by atoms with Crippen LogP contribution >= 0.6 is 0 Å². The zero-order chi connectivity index (χ0) is 16.8. The van der Waals surface area contributed by atoms with Crippen LogP contribution in [-0.2, 0) is 9.59 Å². The Hall–Kier alpha value is -2.04. The topological polar surface area (TPSA) is 58.6 Å². The highest BCUT2D eigenvalue weighted by Crippen LogP contribution is 2.24. The number of carbonyl (C=O) groups is 2. The maximum atomic E-state index is 12.6. The number of likely N-dealkylation sites (tertiary alicyclic amines) is 1. The van der Waals surface area contributed by atoms with Gasteiger partial charge in [-0.1, -0.05) is 12.1 Å². The van der Waals surface area contributed by atoms with Gasteiger partial charge in [0.15, 0.2) is 0 Å². The number of hydrogen-bond donors (Lipinski definition) is 1. The first-order valence-corrected chi connectivity index (χ1v) is 8.21. The number of rotatable bonds is 5. The fourth-order valence-electron chi connectivity index (χ4n) is 3.09. The van der Waals surface area contributed by atoms with E-state index < -0.39 is 0 Å². The van der Waals surface area contributed by atoms with Crippen LogP contribution in [0.4, 0.5) is 0 Å². The number of benzene rings is 1. The van der Waals surface area contributed by atoms with Crippen molar-refractivity contribution in [2.75, 3.05) is 13.7 Å². The van der Waals surface area contributed by atoms with Crippen molar-refractivity contribution in [3.05, 3.63) is 29.8 Å². The molecule has 0 aromatic heterocycles. The number of ether oxygens (including phenoxy) is 1. The fraction of sp³-hybridized carbons (Fsp3) is 0.556. The molecule has 2 amide bonds. The minimum absolute atomic E-state index is 0.103. The van der Waals surface area contributed by atoms with Crippen molar-refractivity contribution in [2.24, 2.45) is 0 Å². The Morgan fingerprint density at radius 1 is 1.30 bits per heavy atom. The second-order valence-corrected chi connectivity index (χ2v) is 6.16. The van der Waals surface area contributed by atoms with Gasteiger partial charge in [0, 0.05) is 19.5 Å². The minimum Gasteiger partial charge on any atom is -0.497 e. The largest absolute Gasteiger partial charge is 0.497 e. The summed E-state index contributed by atoms with van der Waals surface area (Å²) in [6, 6.07) is 7.46. The summed E-state index contributed by atoms with van der Waals surface area (Å²) >= 11 is 0. The molecule has 1 aliphatic rings. The number of piperidine rings is 1. The van der Waals surface area contributed by atoms with Crippen molar-refractivity contribution >= 4 is 11.8 Å². The van der Waals surface area contributed by atoms with Crippen LogP contribution < -0.4 is 10.1 Å². The normalized spacial score (nSPS) is 19.1. The average molecular weight is 318 g/mol. The summed E-state index contributed by atoms with van der Waals surface area (Å²) in [6.07, 6.45) is 3.58. The number of carbonyl (C=O) groups excluding carboxylic acids is 2. The lowest BCUT2D eigenvalue weighted by Gasteiger charge is -2.34. The van der Waals surface area contributed by atoms with Crippen molar-refractivity contribution in [1.82, 2.24) is 10.2 Å². The molecule has 0 aliphatic carbocycles. The van der Waals surface area contributed by atoms with E-state index in [2.05, 4.69) is 12.2 Å². The Morgan fingerprint density at radius 3 is 2.57 bits per heavy atom. The average Bonchev–Trinajstić information content (AvgIpc) is 2.54. The fourth-order valence-corrected chi connectivity index (χ4v) is 3.09. The maximum Gasteiger partial charge on any atom is 0.225 e. The number of nitrogens with one attached hydrogen (secondary N) is 1. The zero-order valence-corrected chi connectivity index (χ0v) is 14.2. The minimum atomic E-state index is -0.306. The van der Waals surface area contributed by atoms with Gasteiger partial charge in [-0.2, -0.15) is 0 Å². The van der Waals surface area contributed by atoms with Gasteiger partial charge in [0.25, 0.3) is 0 Å². The van der Waals surface area contributed by atoms with Crippen LogP contribution in [0.2, 0.25) is 0 Å². The molecule has 1 aliphatic heterocycles. The molecule has 1 heterocycles. The van der Waals surface area contributed by atoms with Crippen molar-refractivity contribution in [3.8, 4) is 5.75 Å². The van der Waals surface area contributed by atoms with Crippen LogP contribution in [0.15, 0.2) is 24.3 Å². The molecule has 2 rings (SSSR count). The lowest BCUT2D eigenvalue weighted by molar-refractivity contribution is -0.135. The van der Waals surface area contributed by atoms with Gasteiger partial charge in [0.2, 0.25) is 11.8 Å². The third-order valence-electron chi connectivity index (χ3n) is 4.40. The van der Waals surface area contributed by atoms with Gasteiger partial charge in [-0.05, 0) is 43.9 Å². The third-order valence-corrected chi connectivity index (χ3v) is 4.40. The van der Waals surface area contributed by atoms with Crippen LogP contribution in [0.5, 0.6) is 5.75 Å². The van der Waals surface area contributed by atoms with Crippen LogP contribution in [0.25, 0.3) is 0 Å². The molecular weight excluding hydrogens is 292 g/mol. The summed E-state index contributed by atoms with van der Waals surface area (Å²) in [4.78, 5) is 26.1. The van der Waals surface area contributed by atoms with E-state index in [4.69, 9.17) is 4.74 Å². The Morgan fingerprint density at radius 2 is 2.00 bits per heavy atom. The molecule has 1 saturated heterocycles. The Balaban J connectivity index is 2.10. The van der Waals surface area contributed by atoms with Gasteiger partial charge >= 0.3 is 0 Å². The second kappa shape index (κ2) is 7.99. The Labute approximate surface area is 138 Å². The Kier molecular flexibility index (Phi) is 6.02. The van der Waals surface area contributed by atoms with Crippen LogP contribution in [0, 0.1) is 0 Å². The van der Waals surface area contributed by atoms with Crippen LogP contribution in [0.3, 0.4) is 0 Å². The quantitative estimate of drug-likeness (QED) is 0.908. The molecule has 126 valence electrons. The molecule has 0 bridgehead atoms. The van der Waals surface area contributed by atoms with E-state index in [-0.39, 0.29) is 30.3 Å². The van der Waals surface area contributed by atoms with Crippen LogP contribution in [0.1, 0.15) is 51.1 Å². The van der Waals surface area contributed by atoms with E-state index in [1.807, 2.05) is 29.2 Å². The molecule has 5 heteroatoms. The molecule has 1 N–H and O–H groups in total. The van der Waals surface area contributed by atoms with Gasteiger partial charge in [0.05, 0.1) is 19.6 Å². The number of amides is 2. The molecule has 2 atom stereocenters. The molecular formula is C18H26N2O3. The summed E-state index contributed by atoms with van der Waals surface area (Å²) in [7, 11) is 1.61. The van der Waals surface area contributed by atoms with E-state index in [9.17, 15) is 9.59 Å².